The number of carbonyl (C=O) groups is 2. The second-order valence-corrected chi connectivity index (χ2v) is 6.21. The molecular weight excluding hydrogens is 300 g/mol. The number of nitrogens with zero attached hydrogens (tertiary/aromatic N) is 1. The average Bonchev–Trinajstić information content (AvgIpc) is 2.54. The molecule has 24 heavy (non-hydrogen) atoms. The van der Waals surface area contributed by atoms with Crippen LogP contribution < -0.4 is 5.32 Å². The van der Waals surface area contributed by atoms with Crippen LogP contribution in [-0.4, -0.2) is 30.3 Å². The maximum atomic E-state index is 12.3. The summed E-state index contributed by atoms with van der Waals surface area (Å²) in [6, 6.07) is 13.6. The topological polar surface area (TPSA) is 49.4 Å². The van der Waals surface area contributed by atoms with Crippen LogP contribution >= 0.6 is 0 Å². The molecule has 126 valence electrons. The van der Waals surface area contributed by atoms with E-state index in [0.29, 0.717) is 6.42 Å². The Labute approximate surface area is 143 Å². The van der Waals surface area contributed by atoms with Gasteiger partial charge in [0.1, 0.15) is 0 Å². The normalized spacial score (nSPS) is 10.3. The van der Waals surface area contributed by atoms with Gasteiger partial charge in [-0.1, -0.05) is 42.0 Å². The monoisotopic (exact) mass is 324 g/mol. The van der Waals surface area contributed by atoms with Crippen molar-refractivity contribution in [1.29, 1.82) is 0 Å². The molecule has 4 heteroatoms. The third-order valence-corrected chi connectivity index (χ3v) is 4.16. The Morgan fingerprint density at radius 1 is 1.00 bits per heavy atom. The van der Waals surface area contributed by atoms with Gasteiger partial charge in [-0.15, -0.1) is 0 Å². The number of amides is 2. The van der Waals surface area contributed by atoms with Gasteiger partial charge >= 0.3 is 0 Å². The number of aryl methyl sites for hydroxylation is 2. The molecule has 0 aromatic heterocycles. The highest BCUT2D eigenvalue weighted by atomic mass is 16.2. The lowest BCUT2D eigenvalue weighted by Crippen LogP contribution is -2.35. The quantitative estimate of drug-likeness (QED) is 0.918. The van der Waals surface area contributed by atoms with Crippen LogP contribution in [0.2, 0.25) is 0 Å². The maximum absolute atomic E-state index is 12.3. The third kappa shape index (κ3) is 4.69. The van der Waals surface area contributed by atoms with Crippen molar-refractivity contribution in [2.45, 2.75) is 27.2 Å². The molecule has 0 aliphatic heterocycles. The highest BCUT2D eigenvalue weighted by Crippen LogP contribution is 2.17. The fourth-order valence-electron chi connectivity index (χ4n) is 2.40. The number of anilines is 1. The van der Waals surface area contributed by atoms with Crippen LogP contribution in [0.4, 0.5) is 5.69 Å². The summed E-state index contributed by atoms with van der Waals surface area (Å²) in [6.07, 6.45) is 0.299. The minimum absolute atomic E-state index is 0.0398. The predicted molar refractivity (Wildman–Crippen MR) is 97.1 cm³/mol. The van der Waals surface area contributed by atoms with E-state index in [1.54, 1.807) is 7.05 Å². The van der Waals surface area contributed by atoms with Gasteiger partial charge in [0.05, 0.1) is 13.0 Å². The number of likely N-dealkylation sites (N-methyl/N-ethyl adjacent to an activating group) is 1. The number of rotatable bonds is 5. The lowest BCUT2D eigenvalue weighted by atomic mass is 10.1. The summed E-state index contributed by atoms with van der Waals surface area (Å²) in [6.45, 7) is 6.02. The summed E-state index contributed by atoms with van der Waals surface area (Å²) in [5, 5.41) is 2.88. The van der Waals surface area contributed by atoms with Gasteiger partial charge in [0.25, 0.3) is 0 Å². The predicted octanol–water partition coefficient (Wildman–Crippen LogP) is 3.25. The molecule has 0 atom stereocenters. The highest BCUT2D eigenvalue weighted by molar-refractivity contribution is 5.95. The molecule has 0 saturated heterocycles. The zero-order valence-corrected chi connectivity index (χ0v) is 14.7. The first-order valence-electron chi connectivity index (χ1n) is 8.02. The minimum Gasteiger partial charge on any atom is -0.336 e. The van der Waals surface area contributed by atoms with Crippen LogP contribution in [-0.2, 0) is 16.0 Å². The van der Waals surface area contributed by atoms with E-state index in [0.717, 1.165) is 27.9 Å². The number of benzene rings is 2. The Bertz CT molecular complexity index is 736. The SMILES string of the molecule is Cc1ccc(CC(=O)N(C)CC(=O)Nc2cccc(C)c2C)cc1. The van der Waals surface area contributed by atoms with Crippen molar-refractivity contribution < 1.29 is 9.59 Å². The molecule has 0 bridgehead atoms. The Hall–Kier alpha value is -2.62. The molecule has 2 amide bonds. The second kappa shape index (κ2) is 7.77. The lowest BCUT2D eigenvalue weighted by Gasteiger charge is -2.18. The standard InChI is InChI=1S/C20H24N2O2/c1-14-8-10-17(11-9-14)12-20(24)22(4)13-19(23)21-18-7-5-6-15(2)16(18)3/h5-11H,12-13H2,1-4H3,(H,21,23). The molecule has 2 rings (SSSR count). The van der Waals surface area contributed by atoms with Crippen molar-refractivity contribution in [3.05, 3.63) is 64.7 Å². The Morgan fingerprint density at radius 2 is 1.67 bits per heavy atom. The zero-order chi connectivity index (χ0) is 17.7. The van der Waals surface area contributed by atoms with Crippen molar-refractivity contribution in [2.75, 3.05) is 18.9 Å². The number of hydrogen-bond acceptors (Lipinski definition) is 2. The first-order chi connectivity index (χ1) is 11.4. The molecule has 2 aromatic carbocycles. The molecule has 0 saturated carbocycles. The van der Waals surface area contributed by atoms with Gasteiger partial charge in [0, 0.05) is 12.7 Å². The molecule has 0 heterocycles. The van der Waals surface area contributed by atoms with Gasteiger partial charge < -0.3 is 10.2 Å². The number of carbonyl (C=O) groups excluding carboxylic acids is 2. The Balaban J connectivity index is 1.92. The van der Waals surface area contributed by atoms with Crippen molar-refractivity contribution in [3.8, 4) is 0 Å². The molecule has 4 nitrogen and oxygen atoms in total. The fourth-order valence-corrected chi connectivity index (χ4v) is 2.40. The van der Waals surface area contributed by atoms with Gasteiger partial charge in [-0.05, 0) is 43.5 Å². The fraction of sp³-hybridized carbons (Fsp3) is 0.300. The summed E-state index contributed by atoms with van der Waals surface area (Å²) in [7, 11) is 1.65. The van der Waals surface area contributed by atoms with Gasteiger partial charge in [-0.2, -0.15) is 0 Å². The van der Waals surface area contributed by atoms with E-state index >= 15 is 0 Å². The van der Waals surface area contributed by atoms with Crippen LogP contribution in [0.15, 0.2) is 42.5 Å². The summed E-state index contributed by atoms with van der Waals surface area (Å²) >= 11 is 0. The second-order valence-electron chi connectivity index (χ2n) is 6.21. The van der Waals surface area contributed by atoms with E-state index < -0.39 is 0 Å². The molecule has 2 aromatic rings. The van der Waals surface area contributed by atoms with Crippen molar-refractivity contribution in [1.82, 2.24) is 4.90 Å². The van der Waals surface area contributed by atoms with Crippen LogP contribution in [0.1, 0.15) is 22.3 Å². The van der Waals surface area contributed by atoms with E-state index in [9.17, 15) is 9.59 Å². The van der Waals surface area contributed by atoms with Crippen LogP contribution in [0, 0.1) is 20.8 Å². The van der Waals surface area contributed by atoms with E-state index in [-0.39, 0.29) is 18.4 Å². The largest absolute Gasteiger partial charge is 0.336 e. The smallest absolute Gasteiger partial charge is 0.243 e. The first-order valence-corrected chi connectivity index (χ1v) is 8.02. The number of hydrogen-bond donors (Lipinski definition) is 1. The van der Waals surface area contributed by atoms with Crippen LogP contribution in [0.25, 0.3) is 0 Å². The highest BCUT2D eigenvalue weighted by Gasteiger charge is 2.14. The number of nitrogens with one attached hydrogen (secondary N) is 1. The van der Waals surface area contributed by atoms with Gasteiger partial charge in [-0.3, -0.25) is 9.59 Å². The summed E-state index contributed by atoms with van der Waals surface area (Å²) < 4.78 is 0. The molecule has 0 aliphatic rings. The minimum atomic E-state index is -0.191. The Morgan fingerprint density at radius 3 is 2.33 bits per heavy atom. The zero-order valence-electron chi connectivity index (χ0n) is 14.7. The third-order valence-electron chi connectivity index (χ3n) is 4.16. The molecular formula is C20H24N2O2. The Kier molecular flexibility index (Phi) is 5.74. The summed E-state index contributed by atoms with van der Waals surface area (Å²) in [5.41, 5.74) is 5.07. The van der Waals surface area contributed by atoms with Gasteiger partial charge in [0.2, 0.25) is 11.8 Å². The van der Waals surface area contributed by atoms with E-state index in [4.69, 9.17) is 0 Å². The van der Waals surface area contributed by atoms with Gasteiger partial charge in [-0.25, -0.2) is 0 Å². The van der Waals surface area contributed by atoms with Crippen LogP contribution in [0.3, 0.4) is 0 Å². The lowest BCUT2D eigenvalue weighted by molar-refractivity contribution is -0.132. The average molecular weight is 324 g/mol. The molecule has 0 radical (unpaired) electrons. The first kappa shape index (κ1) is 17.7. The molecule has 0 spiro atoms. The van der Waals surface area contributed by atoms with E-state index in [1.807, 2.05) is 63.2 Å². The molecule has 0 fully saturated rings. The van der Waals surface area contributed by atoms with E-state index in [2.05, 4.69) is 5.32 Å². The van der Waals surface area contributed by atoms with E-state index in [1.165, 1.54) is 4.90 Å². The van der Waals surface area contributed by atoms with Crippen molar-refractivity contribution in [3.63, 3.8) is 0 Å². The molecule has 0 aliphatic carbocycles. The summed E-state index contributed by atoms with van der Waals surface area (Å²) in [5.74, 6) is -0.265. The van der Waals surface area contributed by atoms with Gasteiger partial charge in [0.15, 0.2) is 0 Å². The van der Waals surface area contributed by atoms with Crippen molar-refractivity contribution >= 4 is 17.5 Å². The molecule has 0 unspecified atom stereocenters. The van der Waals surface area contributed by atoms with Crippen LogP contribution in [0.5, 0.6) is 0 Å². The maximum Gasteiger partial charge on any atom is 0.243 e. The molecule has 1 N–H and O–H groups in total. The van der Waals surface area contributed by atoms with Crippen molar-refractivity contribution in [2.24, 2.45) is 0 Å². The summed E-state index contributed by atoms with van der Waals surface area (Å²) in [4.78, 5) is 25.9.